The van der Waals surface area contributed by atoms with Crippen LogP contribution in [0.2, 0.25) is 0 Å². The number of aliphatic hydroxyl groups is 1. The maximum atomic E-state index is 12.8. The summed E-state index contributed by atoms with van der Waals surface area (Å²) in [6.45, 7) is 9.18. The van der Waals surface area contributed by atoms with E-state index in [0.717, 1.165) is 5.56 Å². The van der Waals surface area contributed by atoms with Crippen molar-refractivity contribution in [3.63, 3.8) is 0 Å². The summed E-state index contributed by atoms with van der Waals surface area (Å²) in [6, 6.07) is 7.46. The largest absolute Gasteiger partial charge is 0.466 e. The van der Waals surface area contributed by atoms with Crippen LogP contribution in [0.15, 0.2) is 24.3 Å². The Morgan fingerprint density at radius 1 is 1.11 bits per heavy atom. The molecule has 2 rings (SSSR count). The van der Waals surface area contributed by atoms with Crippen molar-refractivity contribution < 1.29 is 29.0 Å². The fraction of sp³-hybridized carbons (Fsp3) is 0.591. The first-order valence-electron chi connectivity index (χ1n) is 9.82. The highest BCUT2D eigenvalue weighted by Gasteiger charge is 2.57. The van der Waals surface area contributed by atoms with Crippen LogP contribution in [0.1, 0.15) is 64.0 Å². The summed E-state index contributed by atoms with van der Waals surface area (Å²) >= 11 is 0. The number of Topliss-reactive ketones (excluding diaryl/α,β-unsaturated/α-hetero) is 1. The van der Waals surface area contributed by atoms with Crippen LogP contribution < -0.4 is 0 Å². The van der Waals surface area contributed by atoms with Crippen LogP contribution >= 0.6 is 0 Å². The summed E-state index contributed by atoms with van der Waals surface area (Å²) < 4.78 is 10.3. The Morgan fingerprint density at radius 2 is 1.64 bits per heavy atom. The van der Waals surface area contributed by atoms with Crippen LogP contribution in [0, 0.1) is 11.8 Å². The van der Waals surface area contributed by atoms with Crippen LogP contribution in [-0.4, -0.2) is 41.6 Å². The number of ether oxygens (including phenoxy) is 2. The van der Waals surface area contributed by atoms with Gasteiger partial charge in [-0.1, -0.05) is 38.1 Å². The van der Waals surface area contributed by atoms with Gasteiger partial charge in [-0.2, -0.15) is 0 Å². The zero-order valence-electron chi connectivity index (χ0n) is 17.2. The standard InChI is InChI=1S/C22H30O6/c1-6-27-20(24)18-16(23)12-22(5,26)19(21(25)28-7-2)17(18)15-10-8-14(9-11-15)13(3)4/h8-11,13,17-19,26H,6-7,12H2,1-5H3/t17-,18+,19+,22+/m1/s1. The van der Waals surface area contributed by atoms with Gasteiger partial charge in [0.15, 0.2) is 5.78 Å². The van der Waals surface area contributed by atoms with Gasteiger partial charge in [0.1, 0.15) is 5.92 Å². The molecule has 0 heterocycles. The average molecular weight is 390 g/mol. The van der Waals surface area contributed by atoms with Gasteiger partial charge in [0.2, 0.25) is 0 Å². The molecule has 6 nitrogen and oxygen atoms in total. The van der Waals surface area contributed by atoms with Gasteiger partial charge in [-0.3, -0.25) is 14.4 Å². The van der Waals surface area contributed by atoms with Crippen molar-refractivity contribution >= 4 is 17.7 Å². The topological polar surface area (TPSA) is 89.9 Å². The lowest BCUT2D eigenvalue weighted by atomic mass is 9.61. The highest BCUT2D eigenvalue weighted by atomic mass is 16.5. The van der Waals surface area contributed by atoms with Crippen molar-refractivity contribution in [3.8, 4) is 0 Å². The second-order valence-electron chi connectivity index (χ2n) is 7.81. The number of benzene rings is 1. The molecule has 1 saturated carbocycles. The van der Waals surface area contributed by atoms with Gasteiger partial charge in [-0.05, 0) is 37.8 Å². The molecular weight excluding hydrogens is 360 g/mol. The Kier molecular flexibility index (Phi) is 6.99. The predicted molar refractivity (Wildman–Crippen MR) is 104 cm³/mol. The quantitative estimate of drug-likeness (QED) is 0.593. The number of carbonyl (C=O) groups excluding carboxylic acids is 3. The van der Waals surface area contributed by atoms with Crippen molar-refractivity contribution in [2.75, 3.05) is 13.2 Å². The maximum Gasteiger partial charge on any atom is 0.317 e. The molecule has 0 aliphatic heterocycles. The lowest BCUT2D eigenvalue weighted by Crippen LogP contribution is -2.55. The molecule has 1 aromatic carbocycles. The highest BCUT2D eigenvalue weighted by Crippen LogP contribution is 2.46. The molecule has 1 fully saturated rings. The number of carbonyl (C=O) groups is 3. The number of ketones is 1. The van der Waals surface area contributed by atoms with Crippen molar-refractivity contribution in [1.82, 2.24) is 0 Å². The van der Waals surface area contributed by atoms with E-state index in [2.05, 4.69) is 13.8 Å². The average Bonchev–Trinajstić information content (AvgIpc) is 2.60. The maximum absolute atomic E-state index is 12.8. The van der Waals surface area contributed by atoms with Crippen LogP contribution in [0.25, 0.3) is 0 Å². The lowest BCUT2D eigenvalue weighted by molar-refractivity contribution is -0.172. The molecule has 1 aromatic rings. The molecule has 28 heavy (non-hydrogen) atoms. The van der Waals surface area contributed by atoms with Crippen molar-refractivity contribution in [3.05, 3.63) is 35.4 Å². The Morgan fingerprint density at radius 3 is 2.14 bits per heavy atom. The van der Waals surface area contributed by atoms with E-state index in [1.54, 1.807) is 13.8 Å². The third kappa shape index (κ3) is 4.43. The summed E-state index contributed by atoms with van der Waals surface area (Å²) in [4.78, 5) is 38.2. The molecule has 1 aliphatic rings. The monoisotopic (exact) mass is 390 g/mol. The van der Waals surface area contributed by atoms with E-state index in [0.29, 0.717) is 11.5 Å². The molecule has 1 N–H and O–H groups in total. The van der Waals surface area contributed by atoms with Gasteiger partial charge >= 0.3 is 11.9 Å². The molecule has 0 spiro atoms. The van der Waals surface area contributed by atoms with E-state index in [1.807, 2.05) is 24.3 Å². The minimum absolute atomic E-state index is 0.127. The van der Waals surface area contributed by atoms with Crippen molar-refractivity contribution in [2.24, 2.45) is 11.8 Å². The fourth-order valence-corrected chi connectivity index (χ4v) is 3.98. The van der Waals surface area contributed by atoms with Gasteiger partial charge in [-0.25, -0.2) is 0 Å². The summed E-state index contributed by atoms with van der Waals surface area (Å²) in [5.41, 5.74) is 0.111. The molecule has 0 aromatic heterocycles. The second kappa shape index (κ2) is 8.86. The summed E-state index contributed by atoms with van der Waals surface area (Å²) in [5, 5.41) is 10.9. The molecular formula is C22H30O6. The van der Waals surface area contributed by atoms with E-state index in [4.69, 9.17) is 9.47 Å². The Bertz CT molecular complexity index is 719. The van der Waals surface area contributed by atoms with Crippen molar-refractivity contribution in [2.45, 2.75) is 58.5 Å². The minimum Gasteiger partial charge on any atom is -0.466 e. The fourth-order valence-electron chi connectivity index (χ4n) is 3.98. The van der Waals surface area contributed by atoms with Crippen LogP contribution in [0.4, 0.5) is 0 Å². The zero-order chi connectivity index (χ0) is 21.1. The molecule has 6 heteroatoms. The first-order valence-corrected chi connectivity index (χ1v) is 9.82. The molecule has 1 aliphatic carbocycles. The smallest absolute Gasteiger partial charge is 0.317 e. The van der Waals surface area contributed by atoms with E-state index < -0.39 is 41.1 Å². The number of hydrogen-bond donors (Lipinski definition) is 1. The van der Waals surface area contributed by atoms with E-state index in [1.165, 1.54) is 6.92 Å². The first kappa shape index (κ1) is 22.1. The van der Waals surface area contributed by atoms with Gasteiger partial charge < -0.3 is 14.6 Å². The Labute approximate surface area is 166 Å². The van der Waals surface area contributed by atoms with Gasteiger partial charge in [-0.15, -0.1) is 0 Å². The Balaban J connectivity index is 2.59. The third-order valence-electron chi connectivity index (χ3n) is 5.34. The number of rotatable bonds is 6. The minimum atomic E-state index is -1.62. The van der Waals surface area contributed by atoms with E-state index >= 15 is 0 Å². The molecule has 154 valence electrons. The summed E-state index contributed by atoms with van der Waals surface area (Å²) in [6.07, 6.45) is -0.305. The van der Waals surface area contributed by atoms with Gasteiger partial charge in [0, 0.05) is 12.3 Å². The number of hydrogen-bond acceptors (Lipinski definition) is 6. The second-order valence-corrected chi connectivity index (χ2v) is 7.81. The van der Waals surface area contributed by atoms with Crippen molar-refractivity contribution in [1.29, 1.82) is 0 Å². The zero-order valence-corrected chi connectivity index (χ0v) is 17.2. The lowest BCUT2D eigenvalue weighted by Gasteiger charge is -2.43. The first-order chi connectivity index (χ1) is 13.1. The molecule has 0 saturated heterocycles. The highest BCUT2D eigenvalue weighted by molar-refractivity contribution is 6.02. The van der Waals surface area contributed by atoms with E-state index in [9.17, 15) is 19.5 Å². The third-order valence-corrected chi connectivity index (χ3v) is 5.34. The molecule has 0 bridgehead atoms. The molecule has 0 radical (unpaired) electrons. The van der Waals surface area contributed by atoms with Gasteiger partial charge in [0.25, 0.3) is 0 Å². The van der Waals surface area contributed by atoms with Crippen LogP contribution in [0.3, 0.4) is 0 Å². The summed E-state index contributed by atoms with van der Waals surface area (Å²) in [5.74, 6) is -4.46. The number of esters is 2. The van der Waals surface area contributed by atoms with E-state index in [-0.39, 0.29) is 19.6 Å². The summed E-state index contributed by atoms with van der Waals surface area (Å²) in [7, 11) is 0. The molecule has 0 unspecified atom stereocenters. The normalized spacial score (nSPS) is 27.5. The molecule has 4 atom stereocenters. The van der Waals surface area contributed by atoms with Crippen LogP contribution in [-0.2, 0) is 23.9 Å². The Hall–Kier alpha value is -2.21. The molecule has 0 amide bonds. The SMILES string of the molecule is CCOC(=O)[C@H]1C(=O)C[C@](C)(O)[C@H](C(=O)OCC)[C@@H]1c1ccc(C(C)C)cc1. The van der Waals surface area contributed by atoms with Gasteiger partial charge in [0.05, 0.1) is 24.7 Å². The predicted octanol–water partition coefficient (Wildman–Crippen LogP) is 2.98. The van der Waals surface area contributed by atoms with Crippen LogP contribution in [0.5, 0.6) is 0 Å².